The number of rotatable bonds is 7. The number of nitrogens with zero attached hydrogens (tertiary/aromatic N) is 5. The highest BCUT2D eigenvalue weighted by atomic mass is 16.3. The molecule has 0 spiro atoms. The average molecular weight is 556 g/mol. The highest BCUT2D eigenvalue weighted by Crippen LogP contribution is 2.35. The van der Waals surface area contributed by atoms with Crippen molar-refractivity contribution >= 4 is 29.1 Å². The summed E-state index contributed by atoms with van der Waals surface area (Å²) < 4.78 is 1.49. The molecule has 0 unspecified atom stereocenters. The lowest BCUT2D eigenvalue weighted by Crippen LogP contribution is -2.54. The molecule has 212 valence electrons. The summed E-state index contributed by atoms with van der Waals surface area (Å²) in [5, 5.41) is 17.0. The molecule has 2 amide bonds. The van der Waals surface area contributed by atoms with E-state index in [1.807, 2.05) is 42.5 Å². The van der Waals surface area contributed by atoms with Crippen LogP contribution in [0, 0.1) is 0 Å². The number of nitrogens with two attached hydrogens (primary N) is 1. The first-order chi connectivity index (χ1) is 19.7. The lowest BCUT2D eigenvalue weighted by molar-refractivity contribution is -0.139. The number of amides is 2. The lowest BCUT2D eigenvalue weighted by atomic mass is 9.89. The highest BCUT2D eigenvalue weighted by molar-refractivity contribution is 6.00. The molecule has 0 bridgehead atoms. The Morgan fingerprint density at radius 1 is 1.02 bits per heavy atom. The maximum absolute atomic E-state index is 13.0. The van der Waals surface area contributed by atoms with Crippen molar-refractivity contribution in [3.63, 3.8) is 0 Å². The van der Waals surface area contributed by atoms with Gasteiger partial charge in [0.05, 0.1) is 29.3 Å². The second-order valence-corrected chi connectivity index (χ2v) is 10.4. The normalized spacial score (nSPS) is 15.5. The minimum atomic E-state index is -1.03. The fourth-order valence-electron chi connectivity index (χ4n) is 5.40. The molecule has 0 aliphatic carbocycles. The zero-order valence-corrected chi connectivity index (χ0v) is 23.2. The monoisotopic (exact) mass is 555 g/mol. The lowest BCUT2D eigenvalue weighted by Gasteiger charge is -2.35. The Morgan fingerprint density at radius 2 is 1.73 bits per heavy atom. The molecule has 2 atom stereocenters. The van der Waals surface area contributed by atoms with Gasteiger partial charge in [-0.2, -0.15) is 9.61 Å². The standard InChI is InChI=1S/C30H33N7O4/c1-17(38)25-27(21-11-13-36(14-12-21)30(41)26(18(2)39)34-19(3)40)35-29-23(16-33-37(29)28(25)31)22-9-10-24(32-15-22)20-7-5-4-6-8-20/h4-10,15-16,18,21,26,39H,11-14,31H2,1-3H3,(H,34,40)/t18-,26+/m1/s1. The van der Waals surface area contributed by atoms with Gasteiger partial charge in [-0.05, 0) is 32.8 Å². The van der Waals surface area contributed by atoms with E-state index in [1.165, 1.54) is 25.3 Å². The first-order valence-electron chi connectivity index (χ1n) is 13.6. The van der Waals surface area contributed by atoms with Crippen LogP contribution < -0.4 is 11.1 Å². The third-order valence-electron chi connectivity index (χ3n) is 7.51. The number of anilines is 1. The van der Waals surface area contributed by atoms with Crippen molar-refractivity contribution in [2.45, 2.75) is 51.7 Å². The van der Waals surface area contributed by atoms with Gasteiger partial charge in [-0.1, -0.05) is 36.4 Å². The van der Waals surface area contributed by atoms with Gasteiger partial charge >= 0.3 is 0 Å². The van der Waals surface area contributed by atoms with Crippen molar-refractivity contribution in [3.05, 3.63) is 66.1 Å². The molecule has 3 aromatic heterocycles. The number of piperidine rings is 1. The average Bonchev–Trinajstić information content (AvgIpc) is 3.40. The van der Waals surface area contributed by atoms with Crippen LogP contribution in [0.25, 0.3) is 28.0 Å². The number of carbonyl (C=O) groups is 3. The van der Waals surface area contributed by atoms with Gasteiger partial charge < -0.3 is 21.1 Å². The fourth-order valence-corrected chi connectivity index (χ4v) is 5.40. The maximum atomic E-state index is 13.0. The van der Waals surface area contributed by atoms with Crippen LogP contribution in [0.15, 0.2) is 54.9 Å². The number of Topliss-reactive ketones (excluding diaryl/α,β-unsaturated/α-hetero) is 1. The molecule has 1 aromatic carbocycles. The number of fused-ring (bicyclic) bond motifs is 1. The number of nitrogen functional groups attached to an aromatic ring is 1. The molecule has 4 N–H and O–H groups in total. The number of likely N-dealkylation sites (tertiary alicyclic amines) is 1. The molecule has 11 heteroatoms. The van der Waals surface area contributed by atoms with Gasteiger partial charge in [-0.25, -0.2) is 4.98 Å². The Bertz CT molecular complexity index is 1590. The van der Waals surface area contributed by atoms with Crippen LogP contribution in [0.1, 0.15) is 55.6 Å². The van der Waals surface area contributed by atoms with Crippen LogP contribution in [0.2, 0.25) is 0 Å². The molecule has 1 aliphatic heterocycles. The number of hydrogen-bond donors (Lipinski definition) is 3. The van der Waals surface area contributed by atoms with Crippen molar-refractivity contribution in [1.29, 1.82) is 0 Å². The Labute approximate surface area is 237 Å². The topological polar surface area (TPSA) is 156 Å². The molecular formula is C30H33N7O4. The summed E-state index contributed by atoms with van der Waals surface area (Å²) in [5.74, 6) is -0.850. The van der Waals surface area contributed by atoms with Crippen molar-refractivity contribution in [1.82, 2.24) is 29.8 Å². The van der Waals surface area contributed by atoms with Gasteiger partial charge in [0, 0.05) is 48.8 Å². The Kier molecular flexibility index (Phi) is 7.80. The van der Waals surface area contributed by atoms with Crippen LogP contribution in [-0.4, -0.2) is 72.4 Å². The Hall–Kier alpha value is -4.64. The third-order valence-corrected chi connectivity index (χ3v) is 7.51. The Morgan fingerprint density at radius 3 is 2.32 bits per heavy atom. The van der Waals surface area contributed by atoms with Gasteiger partial charge in [-0.15, -0.1) is 0 Å². The van der Waals surface area contributed by atoms with Crippen LogP contribution in [-0.2, 0) is 9.59 Å². The minimum Gasteiger partial charge on any atom is -0.391 e. The number of aromatic nitrogens is 4. The van der Waals surface area contributed by atoms with E-state index >= 15 is 0 Å². The molecule has 5 rings (SSSR count). The number of hydrogen-bond acceptors (Lipinski definition) is 8. The summed E-state index contributed by atoms with van der Waals surface area (Å²) in [4.78, 5) is 48.6. The van der Waals surface area contributed by atoms with Crippen LogP contribution in [0.5, 0.6) is 0 Å². The molecule has 0 radical (unpaired) electrons. The zero-order valence-electron chi connectivity index (χ0n) is 23.2. The van der Waals surface area contributed by atoms with Gasteiger partial charge in [0.15, 0.2) is 11.4 Å². The molecule has 11 nitrogen and oxygen atoms in total. The largest absolute Gasteiger partial charge is 0.391 e. The number of pyridine rings is 1. The number of ketones is 1. The summed E-state index contributed by atoms with van der Waals surface area (Å²) in [6.45, 7) is 5.00. The van der Waals surface area contributed by atoms with E-state index in [0.29, 0.717) is 42.8 Å². The van der Waals surface area contributed by atoms with Crippen molar-refractivity contribution in [2.24, 2.45) is 0 Å². The van der Waals surface area contributed by atoms with Gasteiger partial charge in [0.1, 0.15) is 11.9 Å². The summed E-state index contributed by atoms with van der Waals surface area (Å²) in [6.07, 6.45) is 3.49. The van der Waals surface area contributed by atoms with Crippen LogP contribution in [0.3, 0.4) is 0 Å². The van der Waals surface area contributed by atoms with Crippen molar-refractivity contribution < 1.29 is 19.5 Å². The molecule has 4 aromatic rings. The highest BCUT2D eigenvalue weighted by Gasteiger charge is 2.34. The summed E-state index contributed by atoms with van der Waals surface area (Å²) in [6, 6.07) is 12.8. The third kappa shape index (κ3) is 5.53. The predicted octanol–water partition coefficient (Wildman–Crippen LogP) is 2.83. The van der Waals surface area contributed by atoms with E-state index in [2.05, 4.69) is 15.4 Å². The minimum absolute atomic E-state index is 0.127. The second kappa shape index (κ2) is 11.5. The predicted molar refractivity (Wildman–Crippen MR) is 154 cm³/mol. The van der Waals surface area contributed by atoms with E-state index in [9.17, 15) is 19.5 Å². The summed E-state index contributed by atoms with van der Waals surface area (Å²) >= 11 is 0. The molecule has 1 fully saturated rings. The van der Waals surface area contributed by atoms with E-state index in [1.54, 1.807) is 17.3 Å². The first kappa shape index (κ1) is 27.9. The van der Waals surface area contributed by atoms with E-state index in [4.69, 9.17) is 10.7 Å². The van der Waals surface area contributed by atoms with E-state index in [0.717, 1.165) is 22.4 Å². The summed E-state index contributed by atoms with van der Waals surface area (Å²) in [7, 11) is 0. The number of carbonyl (C=O) groups excluding carboxylic acids is 3. The molecule has 4 heterocycles. The fraction of sp³-hybridized carbons (Fsp3) is 0.333. The quantitative estimate of drug-likeness (QED) is 0.294. The summed E-state index contributed by atoms with van der Waals surface area (Å²) in [5.41, 5.74) is 11.3. The molecular weight excluding hydrogens is 522 g/mol. The number of aliphatic hydroxyl groups is 1. The van der Waals surface area contributed by atoms with Crippen molar-refractivity contribution in [2.75, 3.05) is 18.8 Å². The maximum Gasteiger partial charge on any atom is 0.247 e. The zero-order chi connectivity index (χ0) is 29.3. The van der Waals surface area contributed by atoms with Crippen molar-refractivity contribution in [3.8, 4) is 22.4 Å². The first-order valence-corrected chi connectivity index (χ1v) is 13.6. The number of nitrogens with one attached hydrogen (secondary N) is 1. The molecule has 1 aliphatic rings. The van der Waals surface area contributed by atoms with Gasteiger partial charge in [0.2, 0.25) is 11.8 Å². The van der Waals surface area contributed by atoms with Gasteiger partial charge in [-0.3, -0.25) is 19.4 Å². The smallest absolute Gasteiger partial charge is 0.247 e. The Balaban J connectivity index is 1.45. The second-order valence-electron chi connectivity index (χ2n) is 10.4. The molecule has 41 heavy (non-hydrogen) atoms. The number of benzene rings is 1. The van der Waals surface area contributed by atoms with Crippen LogP contribution >= 0.6 is 0 Å². The SMILES string of the molecule is CC(=O)N[C@H](C(=O)N1CCC(c2nc3c(-c4ccc(-c5ccccc5)nc4)cnn3c(N)c2C(C)=O)CC1)[C@@H](C)O. The molecule has 1 saturated heterocycles. The van der Waals surface area contributed by atoms with Gasteiger partial charge in [0.25, 0.3) is 0 Å². The van der Waals surface area contributed by atoms with E-state index in [-0.39, 0.29) is 29.3 Å². The number of aliphatic hydroxyl groups excluding tert-OH is 1. The van der Waals surface area contributed by atoms with Crippen LogP contribution in [0.4, 0.5) is 5.82 Å². The molecule has 0 saturated carbocycles. The van der Waals surface area contributed by atoms with E-state index < -0.39 is 12.1 Å².